The minimum absolute atomic E-state index is 0.0103. The summed E-state index contributed by atoms with van der Waals surface area (Å²) in [5, 5.41) is 3.63. The van der Waals surface area contributed by atoms with E-state index in [2.05, 4.69) is 10.1 Å². The van der Waals surface area contributed by atoms with Crippen LogP contribution in [0, 0.1) is 13.8 Å². The molecule has 16 heavy (non-hydrogen) atoms. The van der Waals surface area contributed by atoms with Gasteiger partial charge in [-0.2, -0.15) is 0 Å². The topological polar surface area (TPSA) is 55.4 Å². The van der Waals surface area contributed by atoms with Gasteiger partial charge in [-0.1, -0.05) is 0 Å². The molecule has 1 aromatic rings. The molecule has 0 bridgehead atoms. The zero-order valence-electron chi connectivity index (χ0n) is 9.37. The zero-order valence-corrected chi connectivity index (χ0v) is 10.9. The largest absolute Gasteiger partial charge is 0.471 e. The summed E-state index contributed by atoms with van der Waals surface area (Å²) in [6.07, 6.45) is 0. The van der Waals surface area contributed by atoms with Crippen molar-refractivity contribution in [3.8, 4) is 0 Å². The van der Waals surface area contributed by atoms with Crippen LogP contribution in [0.3, 0.4) is 0 Å². The van der Waals surface area contributed by atoms with Crippen molar-refractivity contribution in [2.24, 2.45) is 0 Å². The van der Waals surface area contributed by atoms with Crippen LogP contribution in [-0.2, 0) is 14.3 Å². The number of halogens is 1. The maximum Gasteiger partial charge on any atom is 0.292 e. The van der Waals surface area contributed by atoms with E-state index in [9.17, 15) is 4.79 Å². The number of carbonyl (C=O) groups excluding carboxylic acids is 2. The fraction of sp³-hybridized carbons (Fsp3) is 0.400. The number of nitrogens with one attached hydrogen (secondary N) is 1. The number of hydrogen-bond acceptors (Lipinski definition) is 4. The van der Waals surface area contributed by atoms with Crippen LogP contribution in [0.1, 0.15) is 10.4 Å². The van der Waals surface area contributed by atoms with E-state index in [-0.39, 0.29) is 11.8 Å². The molecule has 0 saturated carbocycles. The third-order valence-corrected chi connectivity index (χ3v) is 2.82. The molecule has 4 nitrogen and oxygen atoms in total. The van der Waals surface area contributed by atoms with Gasteiger partial charge in [-0.15, -0.1) is 22.9 Å². The molecule has 0 aliphatic rings. The Balaban J connectivity index is 0.000000487. The van der Waals surface area contributed by atoms with Crippen molar-refractivity contribution in [2.75, 3.05) is 18.3 Å². The van der Waals surface area contributed by atoms with Gasteiger partial charge in [-0.3, -0.25) is 9.59 Å². The lowest BCUT2D eigenvalue weighted by molar-refractivity contribution is -0.126. The Bertz CT molecular complexity index is 352. The van der Waals surface area contributed by atoms with E-state index in [4.69, 9.17) is 16.4 Å². The Hall–Kier alpha value is -1.07. The third kappa shape index (κ3) is 5.72. The molecular weight excluding hydrogens is 250 g/mol. The van der Waals surface area contributed by atoms with Crippen LogP contribution >= 0.6 is 22.9 Å². The van der Waals surface area contributed by atoms with Crippen molar-refractivity contribution < 1.29 is 14.3 Å². The lowest BCUT2D eigenvalue weighted by Crippen LogP contribution is -2.11. The molecule has 0 atom stereocenters. The van der Waals surface area contributed by atoms with Gasteiger partial charge in [0.15, 0.2) is 0 Å². The molecule has 0 saturated heterocycles. The van der Waals surface area contributed by atoms with Crippen molar-refractivity contribution in [3.63, 3.8) is 0 Å². The van der Waals surface area contributed by atoms with Crippen LogP contribution in [0.5, 0.6) is 0 Å². The normalized spacial score (nSPS) is 8.75. The highest BCUT2D eigenvalue weighted by Crippen LogP contribution is 2.26. The predicted octanol–water partition coefficient (Wildman–Crippen LogP) is 2.33. The molecular formula is C10H14ClNO3S. The second-order valence-electron chi connectivity index (χ2n) is 2.88. The molecule has 1 rings (SSSR count). The Morgan fingerprint density at radius 2 is 2.19 bits per heavy atom. The highest BCUT2D eigenvalue weighted by atomic mass is 35.5. The first-order chi connectivity index (χ1) is 7.54. The number of aryl methyl sites for hydroxylation is 2. The minimum Gasteiger partial charge on any atom is -0.471 e. The van der Waals surface area contributed by atoms with Crippen molar-refractivity contribution in [2.45, 2.75) is 13.8 Å². The fourth-order valence-electron chi connectivity index (χ4n) is 0.926. The van der Waals surface area contributed by atoms with Crippen molar-refractivity contribution in [3.05, 3.63) is 16.5 Å². The Morgan fingerprint density at radius 1 is 1.62 bits per heavy atom. The maximum atomic E-state index is 10.9. The first-order valence-electron chi connectivity index (χ1n) is 4.44. The Labute approximate surface area is 104 Å². The van der Waals surface area contributed by atoms with Gasteiger partial charge >= 0.3 is 0 Å². The predicted molar refractivity (Wildman–Crippen MR) is 66.2 cm³/mol. The molecule has 0 radical (unpaired) electrons. The highest BCUT2D eigenvalue weighted by molar-refractivity contribution is 7.16. The standard InChI is InChI=1S/C8H10ClNOS.C2H4O2/c1-5-3-6(2)12-8(5)10-7(11)4-9;1-4-2-3/h3H,4H2,1-2H3,(H,10,11);2H,1H3. The van der Waals surface area contributed by atoms with Gasteiger partial charge in [0.25, 0.3) is 6.47 Å². The second kappa shape index (κ2) is 8.13. The number of ether oxygens (including phenoxy) is 1. The van der Waals surface area contributed by atoms with Crippen LogP contribution in [0.4, 0.5) is 5.00 Å². The highest BCUT2D eigenvalue weighted by Gasteiger charge is 2.05. The van der Waals surface area contributed by atoms with Gasteiger partial charge < -0.3 is 10.1 Å². The van der Waals surface area contributed by atoms with Gasteiger partial charge in [0, 0.05) is 4.88 Å². The molecule has 1 N–H and O–H groups in total. The van der Waals surface area contributed by atoms with Crippen LogP contribution in [-0.4, -0.2) is 25.4 Å². The molecule has 1 heterocycles. The lowest BCUT2D eigenvalue weighted by atomic mass is 10.3. The van der Waals surface area contributed by atoms with Crippen molar-refractivity contribution in [1.29, 1.82) is 0 Å². The van der Waals surface area contributed by atoms with E-state index < -0.39 is 0 Å². The van der Waals surface area contributed by atoms with Gasteiger partial charge in [0.1, 0.15) is 5.88 Å². The summed E-state index contributed by atoms with van der Waals surface area (Å²) in [4.78, 5) is 21.0. The Kier molecular flexibility index (Phi) is 7.58. The number of amides is 1. The quantitative estimate of drug-likeness (QED) is 0.673. The van der Waals surface area contributed by atoms with E-state index >= 15 is 0 Å². The third-order valence-electron chi connectivity index (χ3n) is 1.51. The molecule has 0 spiro atoms. The van der Waals surface area contributed by atoms with Crippen molar-refractivity contribution in [1.82, 2.24) is 0 Å². The average Bonchev–Trinajstić information content (AvgIpc) is 2.57. The summed E-state index contributed by atoms with van der Waals surface area (Å²) < 4.78 is 3.86. The number of methoxy groups -OCH3 is 1. The van der Waals surface area contributed by atoms with Gasteiger partial charge in [0.2, 0.25) is 5.91 Å². The van der Waals surface area contributed by atoms with Crippen LogP contribution in [0.15, 0.2) is 6.07 Å². The van der Waals surface area contributed by atoms with E-state index in [1.54, 1.807) is 11.3 Å². The second-order valence-corrected chi connectivity index (χ2v) is 4.41. The van der Waals surface area contributed by atoms with Gasteiger partial charge in [-0.25, -0.2) is 0 Å². The van der Waals surface area contributed by atoms with Crippen LogP contribution in [0.25, 0.3) is 0 Å². The molecule has 0 aliphatic heterocycles. The number of hydrogen-bond donors (Lipinski definition) is 1. The maximum absolute atomic E-state index is 10.9. The number of anilines is 1. The van der Waals surface area contributed by atoms with Gasteiger partial charge in [-0.05, 0) is 25.5 Å². The SMILES string of the molecule is COC=O.Cc1cc(C)c(NC(=O)CCl)s1. The smallest absolute Gasteiger partial charge is 0.292 e. The number of thiophene rings is 1. The molecule has 6 heteroatoms. The minimum atomic E-state index is -0.151. The molecule has 0 unspecified atom stereocenters. The first-order valence-corrected chi connectivity index (χ1v) is 5.79. The van der Waals surface area contributed by atoms with E-state index in [1.165, 1.54) is 12.0 Å². The summed E-state index contributed by atoms with van der Waals surface area (Å²) >= 11 is 6.92. The molecule has 0 aliphatic carbocycles. The van der Waals surface area contributed by atoms with E-state index in [1.807, 2.05) is 19.9 Å². The van der Waals surface area contributed by atoms with E-state index in [0.29, 0.717) is 6.47 Å². The molecule has 1 aromatic heterocycles. The molecule has 1 amide bonds. The molecule has 0 aromatic carbocycles. The monoisotopic (exact) mass is 263 g/mol. The average molecular weight is 264 g/mol. The molecule has 90 valence electrons. The summed E-state index contributed by atoms with van der Waals surface area (Å²) in [7, 11) is 1.31. The molecule has 0 fully saturated rings. The van der Waals surface area contributed by atoms with E-state index in [0.717, 1.165) is 10.6 Å². The summed E-state index contributed by atoms with van der Waals surface area (Å²) in [5.41, 5.74) is 1.09. The van der Waals surface area contributed by atoms with Crippen LogP contribution < -0.4 is 5.32 Å². The Morgan fingerprint density at radius 3 is 2.50 bits per heavy atom. The summed E-state index contributed by atoms with van der Waals surface area (Å²) in [6.45, 7) is 4.35. The first kappa shape index (κ1) is 14.9. The number of rotatable bonds is 3. The summed E-state index contributed by atoms with van der Waals surface area (Å²) in [5.74, 6) is -0.141. The fourth-order valence-corrected chi connectivity index (χ4v) is 1.93. The number of alkyl halides is 1. The zero-order chi connectivity index (χ0) is 12.6. The van der Waals surface area contributed by atoms with Gasteiger partial charge in [0.05, 0.1) is 12.1 Å². The lowest BCUT2D eigenvalue weighted by Gasteiger charge is -1.99. The van der Waals surface area contributed by atoms with Crippen molar-refractivity contribution >= 4 is 40.3 Å². The number of carbonyl (C=O) groups is 2. The summed E-state index contributed by atoms with van der Waals surface area (Å²) in [6, 6.07) is 2.04. The van der Waals surface area contributed by atoms with Crippen LogP contribution in [0.2, 0.25) is 0 Å².